The molecule has 0 heterocycles. The molecule has 30 heavy (non-hydrogen) atoms. The van der Waals surface area contributed by atoms with Crippen LogP contribution in [0.25, 0.3) is 0 Å². The van der Waals surface area contributed by atoms with Gasteiger partial charge in [0.15, 0.2) is 6.10 Å². The Morgan fingerprint density at radius 1 is 0.800 bits per heavy atom. The molecule has 174 valence electrons. The summed E-state index contributed by atoms with van der Waals surface area (Å²) in [6.07, 6.45) is 23.5. The van der Waals surface area contributed by atoms with E-state index in [1.807, 2.05) is 0 Å². The van der Waals surface area contributed by atoms with Crippen molar-refractivity contribution in [3.05, 3.63) is 24.8 Å². The molecule has 0 fully saturated rings. The maximum atomic E-state index is 11.9. The normalized spacial score (nSPS) is 12.1. The molecule has 0 aliphatic rings. The Hall–Kier alpha value is -1.62. The Labute approximate surface area is 184 Å². The summed E-state index contributed by atoms with van der Waals surface area (Å²) in [4.78, 5) is 31.4. The lowest BCUT2D eigenvalue weighted by Gasteiger charge is -2.13. The molecule has 0 rings (SSSR count). The van der Waals surface area contributed by atoms with Crippen molar-refractivity contribution in [1.82, 2.24) is 0 Å². The highest BCUT2D eigenvalue weighted by atomic mass is 17.2. The lowest BCUT2D eigenvalue weighted by molar-refractivity contribution is -0.264. The number of carbonyl (C=O) groups excluding carboxylic acids is 2. The second-order valence-electron chi connectivity index (χ2n) is 7.81. The number of carbonyl (C=O) groups is 2. The molecule has 0 aromatic heterocycles. The molecule has 1 unspecified atom stereocenters. The minimum Gasteiger partial charge on any atom is -0.362 e. The van der Waals surface area contributed by atoms with Gasteiger partial charge >= 0.3 is 11.9 Å². The monoisotopic (exact) mass is 424 g/mol. The van der Waals surface area contributed by atoms with Gasteiger partial charge in [-0.3, -0.25) is 0 Å². The van der Waals surface area contributed by atoms with Crippen LogP contribution in [0.3, 0.4) is 0 Å². The van der Waals surface area contributed by atoms with E-state index in [2.05, 4.69) is 35.4 Å². The van der Waals surface area contributed by atoms with E-state index in [1.54, 1.807) is 6.08 Å². The average Bonchev–Trinajstić information content (AvgIpc) is 2.73. The number of hydrogen-bond donors (Lipinski definition) is 0. The van der Waals surface area contributed by atoms with Gasteiger partial charge in [0.05, 0.1) is 6.61 Å². The first-order valence-electron chi connectivity index (χ1n) is 11.9. The number of allylic oxidation sites excluding steroid dienone is 2. The summed E-state index contributed by atoms with van der Waals surface area (Å²) in [5, 5.41) is 0. The van der Waals surface area contributed by atoms with Gasteiger partial charge in [0.2, 0.25) is 0 Å². The molecule has 0 aliphatic heterocycles. The highest BCUT2D eigenvalue weighted by molar-refractivity contribution is 5.75. The minimum absolute atomic E-state index is 0.239. The predicted molar refractivity (Wildman–Crippen MR) is 122 cm³/mol. The first-order chi connectivity index (χ1) is 14.6. The summed E-state index contributed by atoms with van der Waals surface area (Å²) in [6.45, 7) is 7.24. The van der Waals surface area contributed by atoms with Crippen LogP contribution in [0.15, 0.2) is 24.8 Å². The number of rotatable bonds is 20. The van der Waals surface area contributed by atoms with E-state index in [0.717, 1.165) is 6.42 Å². The minimum atomic E-state index is -0.765. The van der Waals surface area contributed by atoms with E-state index in [1.165, 1.54) is 84.0 Å². The summed E-state index contributed by atoms with van der Waals surface area (Å²) in [5.41, 5.74) is 0. The Morgan fingerprint density at radius 2 is 1.33 bits per heavy atom. The van der Waals surface area contributed by atoms with E-state index < -0.39 is 18.0 Å². The summed E-state index contributed by atoms with van der Waals surface area (Å²) in [5.74, 6) is -1.37. The molecular formula is C25H44O5. The van der Waals surface area contributed by atoms with Gasteiger partial charge in [0.1, 0.15) is 0 Å². The first-order valence-corrected chi connectivity index (χ1v) is 11.9. The molecule has 0 aromatic carbocycles. The Balaban J connectivity index is 3.65. The Kier molecular flexibility index (Phi) is 20.9. The molecule has 0 amide bonds. The van der Waals surface area contributed by atoms with E-state index in [-0.39, 0.29) is 6.61 Å². The molecule has 0 radical (unpaired) electrons. The Bertz CT molecular complexity index is 458. The predicted octanol–water partition coefficient (Wildman–Crippen LogP) is 7.01. The van der Waals surface area contributed by atoms with Crippen LogP contribution in [0.4, 0.5) is 0 Å². The van der Waals surface area contributed by atoms with Crippen molar-refractivity contribution in [1.29, 1.82) is 0 Å². The fraction of sp³-hybridized carbons (Fsp3) is 0.760. The molecule has 0 aromatic rings. The van der Waals surface area contributed by atoms with Crippen LogP contribution in [0.1, 0.15) is 110 Å². The van der Waals surface area contributed by atoms with Crippen LogP contribution < -0.4 is 0 Å². The highest BCUT2D eigenvalue weighted by Gasteiger charge is 2.22. The number of ether oxygens (including phenoxy) is 1. The third kappa shape index (κ3) is 19.7. The van der Waals surface area contributed by atoms with Crippen molar-refractivity contribution in [2.75, 3.05) is 6.61 Å². The molecule has 0 spiro atoms. The SMILES string of the molecule is C=CCOC(CCC=CCCCCCCCCCCCCCC)C(=O)OOC(C)=O. The van der Waals surface area contributed by atoms with E-state index in [4.69, 9.17) is 4.74 Å². The maximum absolute atomic E-state index is 11.9. The molecule has 0 saturated heterocycles. The standard InChI is InChI=1S/C25H44O5/c1-4-6-7-8-9-10-11-12-13-14-15-16-17-18-19-20-21-24(28-22-5-2)25(27)30-29-23(3)26/h5,18-19,24H,2,4,6-17,20-22H2,1,3H3. The lowest BCUT2D eigenvalue weighted by atomic mass is 10.0. The van der Waals surface area contributed by atoms with E-state index >= 15 is 0 Å². The van der Waals surface area contributed by atoms with Crippen LogP contribution >= 0.6 is 0 Å². The topological polar surface area (TPSA) is 61.8 Å². The molecule has 1 atom stereocenters. The first kappa shape index (κ1) is 28.4. The van der Waals surface area contributed by atoms with Crippen LogP contribution in [0.5, 0.6) is 0 Å². The third-order valence-corrected chi connectivity index (χ3v) is 4.91. The second-order valence-corrected chi connectivity index (χ2v) is 7.81. The van der Waals surface area contributed by atoms with Gasteiger partial charge in [-0.05, 0) is 25.7 Å². The number of hydrogen-bond acceptors (Lipinski definition) is 5. The number of unbranched alkanes of at least 4 members (excludes halogenated alkanes) is 12. The highest BCUT2D eigenvalue weighted by Crippen LogP contribution is 2.13. The second kappa shape index (κ2) is 22.1. The van der Waals surface area contributed by atoms with Gasteiger partial charge in [-0.25, -0.2) is 19.4 Å². The molecular weight excluding hydrogens is 380 g/mol. The fourth-order valence-corrected chi connectivity index (χ4v) is 3.19. The fourth-order valence-electron chi connectivity index (χ4n) is 3.19. The summed E-state index contributed by atoms with van der Waals surface area (Å²) >= 11 is 0. The van der Waals surface area contributed by atoms with E-state index in [9.17, 15) is 9.59 Å². The quantitative estimate of drug-likeness (QED) is 0.0910. The molecule has 5 nitrogen and oxygen atoms in total. The molecule has 0 bridgehead atoms. The Morgan fingerprint density at radius 3 is 1.87 bits per heavy atom. The van der Waals surface area contributed by atoms with Gasteiger partial charge in [0.25, 0.3) is 0 Å². The zero-order chi connectivity index (χ0) is 22.3. The van der Waals surface area contributed by atoms with Crippen LogP contribution in [0.2, 0.25) is 0 Å². The average molecular weight is 425 g/mol. The smallest absolute Gasteiger partial charge is 0.362 e. The van der Waals surface area contributed by atoms with Crippen molar-refractivity contribution >= 4 is 11.9 Å². The van der Waals surface area contributed by atoms with Gasteiger partial charge in [-0.15, -0.1) is 6.58 Å². The maximum Gasteiger partial charge on any atom is 0.383 e. The van der Waals surface area contributed by atoms with E-state index in [0.29, 0.717) is 12.8 Å². The van der Waals surface area contributed by atoms with Gasteiger partial charge in [0, 0.05) is 6.92 Å². The third-order valence-electron chi connectivity index (χ3n) is 4.91. The lowest BCUT2D eigenvalue weighted by Crippen LogP contribution is -2.27. The molecule has 5 heteroatoms. The molecule has 0 aliphatic carbocycles. The van der Waals surface area contributed by atoms with Gasteiger partial charge in [-0.2, -0.15) is 0 Å². The zero-order valence-corrected chi connectivity index (χ0v) is 19.4. The van der Waals surface area contributed by atoms with Crippen LogP contribution in [-0.4, -0.2) is 24.6 Å². The van der Waals surface area contributed by atoms with Gasteiger partial charge < -0.3 is 4.74 Å². The summed E-state index contributed by atoms with van der Waals surface area (Å²) in [7, 11) is 0. The van der Waals surface area contributed by atoms with Crippen molar-refractivity contribution in [2.45, 2.75) is 116 Å². The largest absolute Gasteiger partial charge is 0.383 e. The van der Waals surface area contributed by atoms with Crippen LogP contribution in [-0.2, 0) is 24.1 Å². The van der Waals surface area contributed by atoms with Crippen molar-refractivity contribution in [3.63, 3.8) is 0 Å². The molecule has 0 saturated carbocycles. The summed E-state index contributed by atoms with van der Waals surface area (Å²) in [6, 6.07) is 0. The van der Waals surface area contributed by atoms with Crippen molar-refractivity contribution in [3.8, 4) is 0 Å². The molecule has 0 N–H and O–H groups in total. The zero-order valence-electron chi connectivity index (χ0n) is 19.4. The summed E-state index contributed by atoms with van der Waals surface area (Å²) < 4.78 is 5.39. The van der Waals surface area contributed by atoms with Gasteiger partial charge in [-0.1, -0.05) is 95.8 Å². The van der Waals surface area contributed by atoms with Crippen LogP contribution in [0, 0.1) is 0 Å². The van der Waals surface area contributed by atoms with Crippen molar-refractivity contribution in [2.24, 2.45) is 0 Å². The van der Waals surface area contributed by atoms with Crippen molar-refractivity contribution < 1.29 is 24.1 Å².